The van der Waals surface area contributed by atoms with Crippen LogP contribution in [0.3, 0.4) is 0 Å². The van der Waals surface area contributed by atoms with Gasteiger partial charge in [-0.05, 0) is 49.6 Å². The van der Waals surface area contributed by atoms with Gasteiger partial charge in [0, 0.05) is 18.8 Å². The van der Waals surface area contributed by atoms with Gasteiger partial charge in [-0.1, -0.05) is 18.2 Å². The Hall–Kier alpha value is -2.76. The van der Waals surface area contributed by atoms with Crippen LogP contribution in [0.15, 0.2) is 42.5 Å². The summed E-state index contributed by atoms with van der Waals surface area (Å²) < 4.78 is 27.5. The molecule has 2 amide bonds. The van der Waals surface area contributed by atoms with Gasteiger partial charge in [0.25, 0.3) is 5.91 Å². The fourth-order valence-corrected chi connectivity index (χ4v) is 3.10. The number of carbonyl (C=O) groups excluding carboxylic acids is 2. The molecule has 1 aliphatic rings. The minimum absolute atomic E-state index is 0.00849. The first-order valence-corrected chi connectivity index (χ1v) is 8.56. The van der Waals surface area contributed by atoms with Crippen molar-refractivity contribution >= 4 is 17.5 Å². The lowest BCUT2D eigenvalue weighted by Gasteiger charge is -2.32. The van der Waals surface area contributed by atoms with Gasteiger partial charge in [-0.25, -0.2) is 8.78 Å². The van der Waals surface area contributed by atoms with Gasteiger partial charge in [-0.15, -0.1) is 0 Å². The van der Waals surface area contributed by atoms with Crippen molar-refractivity contribution < 1.29 is 18.4 Å². The maximum Gasteiger partial charge on any atom is 0.256 e. The molecule has 0 radical (unpaired) electrons. The van der Waals surface area contributed by atoms with E-state index in [9.17, 15) is 18.4 Å². The van der Waals surface area contributed by atoms with E-state index >= 15 is 0 Å². The van der Waals surface area contributed by atoms with Crippen LogP contribution in [-0.2, 0) is 4.79 Å². The number of halogens is 2. The Morgan fingerprint density at radius 2 is 1.88 bits per heavy atom. The summed E-state index contributed by atoms with van der Waals surface area (Å²) in [6.45, 7) is 2.34. The number of nitrogens with one attached hydrogen (secondary N) is 1. The molecule has 1 saturated heterocycles. The Morgan fingerprint density at radius 3 is 2.62 bits per heavy atom. The predicted octanol–water partition coefficient (Wildman–Crippen LogP) is 3.76. The fourth-order valence-electron chi connectivity index (χ4n) is 3.10. The second-order valence-corrected chi connectivity index (χ2v) is 6.52. The maximum absolute atomic E-state index is 13.8. The average molecular weight is 358 g/mol. The van der Waals surface area contributed by atoms with Crippen LogP contribution in [0, 0.1) is 24.5 Å². The molecule has 6 heteroatoms. The summed E-state index contributed by atoms with van der Waals surface area (Å²) in [5, 5.41) is 2.70. The molecule has 0 spiro atoms. The quantitative estimate of drug-likeness (QED) is 0.908. The maximum atomic E-state index is 13.8. The summed E-state index contributed by atoms with van der Waals surface area (Å²) in [7, 11) is 0. The van der Waals surface area contributed by atoms with Crippen LogP contribution in [0.25, 0.3) is 0 Å². The van der Waals surface area contributed by atoms with E-state index in [0.29, 0.717) is 30.6 Å². The number of piperidine rings is 1. The van der Waals surface area contributed by atoms with Gasteiger partial charge in [0.05, 0.1) is 11.5 Å². The van der Waals surface area contributed by atoms with Crippen LogP contribution in [0.4, 0.5) is 14.5 Å². The van der Waals surface area contributed by atoms with Gasteiger partial charge in [-0.2, -0.15) is 0 Å². The number of likely N-dealkylation sites (tertiary alicyclic amines) is 1. The number of amides is 2. The molecule has 4 nitrogen and oxygen atoms in total. The topological polar surface area (TPSA) is 49.4 Å². The van der Waals surface area contributed by atoms with Crippen LogP contribution in [0.2, 0.25) is 0 Å². The number of rotatable bonds is 3. The normalized spacial score (nSPS) is 17.0. The minimum Gasteiger partial charge on any atom is -0.338 e. The average Bonchev–Trinajstić information content (AvgIpc) is 2.64. The predicted molar refractivity (Wildman–Crippen MR) is 94.8 cm³/mol. The molecule has 0 aromatic heterocycles. The van der Waals surface area contributed by atoms with Crippen LogP contribution in [-0.4, -0.2) is 29.8 Å². The molecule has 0 saturated carbocycles. The lowest BCUT2D eigenvalue weighted by Crippen LogP contribution is -2.44. The summed E-state index contributed by atoms with van der Waals surface area (Å²) in [5.41, 5.74) is 0.896. The Bertz CT molecular complexity index is 838. The van der Waals surface area contributed by atoms with Crippen molar-refractivity contribution in [1.82, 2.24) is 4.90 Å². The van der Waals surface area contributed by atoms with Crippen molar-refractivity contribution in [2.75, 3.05) is 18.4 Å². The van der Waals surface area contributed by atoms with Crippen LogP contribution in [0.5, 0.6) is 0 Å². The fraction of sp³-hybridized carbons (Fsp3) is 0.300. The molecular weight excluding hydrogens is 338 g/mol. The van der Waals surface area contributed by atoms with Gasteiger partial charge in [0.15, 0.2) is 0 Å². The first-order chi connectivity index (χ1) is 12.5. The molecule has 0 aliphatic carbocycles. The number of benzene rings is 2. The number of anilines is 1. The Balaban J connectivity index is 1.67. The number of nitrogens with zero attached hydrogens (tertiary/aromatic N) is 1. The van der Waals surface area contributed by atoms with Gasteiger partial charge < -0.3 is 10.2 Å². The SMILES string of the molecule is Cc1ccc(NC(=O)C2CCCN(C(=O)c3ccccc3F)C2)cc1F. The Labute approximate surface area is 150 Å². The Morgan fingerprint density at radius 1 is 1.12 bits per heavy atom. The number of hydrogen-bond donors (Lipinski definition) is 1. The summed E-state index contributed by atoms with van der Waals surface area (Å²) in [6.07, 6.45) is 1.28. The molecule has 26 heavy (non-hydrogen) atoms. The van der Waals surface area contributed by atoms with E-state index in [-0.39, 0.29) is 23.8 Å². The van der Waals surface area contributed by atoms with Gasteiger partial charge in [0.2, 0.25) is 5.91 Å². The highest BCUT2D eigenvalue weighted by molar-refractivity contribution is 5.96. The van der Waals surface area contributed by atoms with Crippen LogP contribution < -0.4 is 5.32 Å². The van der Waals surface area contributed by atoms with E-state index in [1.165, 1.54) is 29.2 Å². The molecule has 1 heterocycles. The van der Waals surface area contributed by atoms with Crippen molar-refractivity contribution in [3.63, 3.8) is 0 Å². The van der Waals surface area contributed by atoms with Crippen LogP contribution in [0.1, 0.15) is 28.8 Å². The van der Waals surface area contributed by atoms with Crippen molar-refractivity contribution in [2.45, 2.75) is 19.8 Å². The first-order valence-electron chi connectivity index (χ1n) is 8.56. The lowest BCUT2D eigenvalue weighted by atomic mass is 9.96. The lowest BCUT2D eigenvalue weighted by molar-refractivity contribution is -0.121. The molecule has 2 aromatic rings. The van der Waals surface area contributed by atoms with Gasteiger partial charge >= 0.3 is 0 Å². The third-order valence-electron chi connectivity index (χ3n) is 4.62. The zero-order valence-electron chi connectivity index (χ0n) is 14.5. The van der Waals surface area contributed by atoms with E-state index in [1.54, 1.807) is 25.1 Å². The van der Waals surface area contributed by atoms with Crippen molar-refractivity contribution in [1.29, 1.82) is 0 Å². The van der Waals surface area contributed by atoms with Gasteiger partial charge in [0.1, 0.15) is 11.6 Å². The van der Waals surface area contributed by atoms with E-state index in [0.717, 1.165) is 0 Å². The summed E-state index contributed by atoms with van der Waals surface area (Å²) in [6, 6.07) is 10.3. The smallest absolute Gasteiger partial charge is 0.256 e. The monoisotopic (exact) mass is 358 g/mol. The third-order valence-corrected chi connectivity index (χ3v) is 4.62. The second kappa shape index (κ2) is 7.64. The molecular formula is C20H20F2N2O2. The number of carbonyl (C=O) groups is 2. The number of aryl methyl sites for hydroxylation is 1. The zero-order valence-corrected chi connectivity index (χ0v) is 14.5. The van der Waals surface area contributed by atoms with Crippen molar-refractivity contribution in [3.05, 3.63) is 65.2 Å². The van der Waals surface area contributed by atoms with E-state index in [4.69, 9.17) is 0 Å². The molecule has 3 rings (SSSR count). The van der Waals surface area contributed by atoms with Crippen LogP contribution >= 0.6 is 0 Å². The largest absolute Gasteiger partial charge is 0.338 e. The zero-order chi connectivity index (χ0) is 18.7. The second-order valence-electron chi connectivity index (χ2n) is 6.52. The minimum atomic E-state index is -0.570. The molecule has 0 bridgehead atoms. The Kier molecular flexibility index (Phi) is 5.30. The third kappa shape index (κ3) is 3.90. The molecule has 136 valence electrons. The standard InChI is InChI=1S/C20H20F2N2O2/c1-13-8-9-15(11-18(13)22)23-19(25)14-5-4-10-24(12-14)20(26)16-6-2-3-7-17(16)21/h2-3,6-9,11,14H,4-5,10,12H2,1H3,(H,23,25). The van der Waals surface area contributed by atoms with E-state index in [1.807, 2.05) is 0 Å². The van der Waals surface area contributed by atoms with Crippen molar-refractivity contribution in [3.8, 4) is 0 Å². The van der Waals surface area contributed by atoms with E-state index in [2.05, 4.69) is 5.32 Å². The van der Waals surface area contributed by atoms with Crippen molar-refractivity contribution in [2.24, 2.45) is 5.92 Å². The molecule has 1 N–H and O–H groups in total. The highest BCUT2D eigenvalue weighted by atomic mass is 19.1. The highest BCUT2D eigenvalue weighted by Gasteiger charge is 2.30. The molecule has 1 fully saturated rings. The first kappa shape index (κ1) is 18.0. The highest BCUT2D eigenvalue weighted by Crippen LogP contribution is 2.22. The molecule has 2 aromatic carbocycles. The number of hydrogen-bond acceptors (Lipinski definition) is 2. The summed E-state index contributed by atoms with van der Waals surface area (Å²) in [5.74, 6) is -2.05. The molecule has 1 atom stereocenters. The van der Waals surface area contributed by atoms with E-state index < -0.39 is 17.6 Å². The summed E-state index contributed by atoms with van der Waals surface area (Å²) >= 11 is 0. The van der Waals surface area contributed by atoms with Gasteiger partial charge in [-0.3, -0.25) is 9.59 Å². The molecule has 1 aliphatic heterocycles. The summed E-state index contributed by atoms with van der Waals surface area (Å²) in [4.78, 5) is 26.5. The molecule has 1 unspecified atom stereocenters.